The van der Waals surface area contributed by atoms with Crippen molar-refractivity contribution >= 4 is 41.7 Å². The summed E-state index contributed by atoms with van der Waals surface area (Å²) < 4.78 is 18.4. The van der Waals surface area contributed by atoms with Gasteiger partial charge in [0, 0.05) is 36.9 Å². The van der Waals surface area contributed by atoms with Gasteiger partial charge in [0.2, 0.25) is 5.88 Å². The minimum absolute atomic E-state index is 0. The number of pyridine rings is 1. The lowest BCUT2D eigenvalue weighted by atomic mass is 10.3. The SMILES string of the molecule is I.NC(=NCc1ccc(Oc2ccc(F)cc2)nc1)N1CCSCC1. The van der Waals surface area contributed by atoms with Crippen molar-refractivity contribution in [2.24, 2.45) is 10.7 Å². The van der Waals surface area contributed by atoms with Gasteiger partial charge in [0.25, 0.3) is 0 Å². The van der Waals surface area contributed by atoms with E-state index in [0.717, 1.165) is 30.2 Å². The number of nitrogens with zero attached hydrogens (tertiary/aromatic N) is 3. The predicted octanol–water partition coefficient (Wildman–Crippen LogP) is 3.49. The molecule has 0 bridgehead atoms. The number of guanidine groups is 1. The van der Waals surface area contributed by atoms with E-state index in [1.54, 1.807) is 24.4 Å². The number of benzene rings is 1. The molecule has 1 saturated heterocycles. The van der Waals surface area contributed by atoms with E-state index in [1.807, 2.05) is 17.8 Å². The van der Waals surface area contributed by atoms with E-state index in [-0.39, 0.29) is 29.8 Å². The highest BCUT2D eigenvalue weighted by Crippen LogP contribution is 2.19. The molecule has 8 heteroatoms. The molecule has 0 unspecified atom stereocenters. The van der Waals surface area contributed by atoms with E-state index in [2.05, 4.69) is 14.9 Å². The van der Waals surface area contributed by atoms with Crippen molar-refractivity contribution in [2.75, 3.05) is 24.6 Å². The van der Waals surface area contributed by atoms with Gasteiger partial charge in [0.1, 0.15) is 11.6 Å². The number of rotatable bonds is 4. The molecule has 0 atom stereocenters. The van der Waals surface area contributed by atoms with Crippen molar-refractivity contribution < 1.29 is 9.13 Å². The van der Waals surface area contributed by atoms with Crippen LogP contribution in [0.4, 0.5) is 4.39 Å². The Morgan fingerprint density at radius 2 is 1.92 bits per heavy atom. The van der Waals surface area contributed by atoms with Gasteiger partial charge in [-0.3, -0.25) is 0 Å². The van der Waals surface area contributed by atoms with E-state index in [4.69, 9.17) is 10.5 Å². The summed E-state index contributed by atoms with van der Waals surface area (Å²) in [6.07, 6.45) is 1.71. The Balaban J connectivity index is 0.00000225. The van der Waals surface area contributed by atoms with E-state index in [0.29, 0.717) is 24.1 Å². The highest BCUT2D eigenvalue weighted by Gasteiger charge is 2.11. The molecule has 134 valence electrons. The molecule has 1 aliphatic heterocycles. The number of aromatic nitrogens is 1. The maximum absolute atomic E-state index is 12.9. The van der Waals surface area contributed by atoms with Gasteiger partial charge in [-0.05, 0) is 29.8 Å². The Morgan fingerprint density at radius 1 is 1.20 bits per heavy atom. The second kappa shape index (κ2) is 9.81. The third kappa shape index (κ3) is 6.03. The van der Waals surface area contributed by atoms with E-state index < -0.39 is 0 Å². The highest BCUT2D eigenvalue weighted by atomic mass is 127. The highest BCUT2D eigenvalue weighted by molar-refractivity contribution is 14.0. The Bertz CT molecular complexity index is 691. The molecule has 25 heavy (non-hydrogen) atoms. The largest absolute Gasteiger partial charge is 0.439 e. The number of halogens is 2. The lowest BCUT2D eigenvalue weighted by molar-refractivity contribution is 0.455. The zero-order valence-corrected chi connectivity index (χ0v) is 16.7. The number of thioether (sulfide) groups is 1. The molecule has 2 heterocycles. The summed E-state index contributed by atoms with van der Waals surface area (Å²) in [5.41, 5.74) is 6.99. The topological polar surface area (TPSA) is 63.7 Å². The molecule has 0 amide bonds. The summed E-state index contributed by atoms with van der Waals surface area (Å²) >= 11 is 1.94. The van der Waals surface area contributed by atoms with E-state index in [9.17, 15) is 4.39 Å². The second-order valence-electron chi connectivity index (χ2n) is 5.33. The van der Waals surface area contributed by atoms with Crippen LogP contribution < -0.4 is 10.5 Å². The molecule has 0 saturated carbocycles. The molecule has 2 N–H and O–H groups in total. The summed E-state index contributed by atoms with van der Waals surface area (Å²) in [7, 11) is 0. The fraction of sp³-hybridized carbons (Fsp3) is 0.294. The number of ether oxygens (including phenoxy) is 1. The third-order valence-corrected chi connectivity index (χ3v) is 4.53. The molecular formula is C17H20FIN4OS. The zero-order valence-electron chi connectivity index (χ0n) is 13.6. The van der Waals surface area contributed by atoms with Crippen LogP contribution in [0.25, 0.3) is 0 Å². The fourth-order valence-electron chi connectivity index (χ4n) is 2.25. The first-order valence-corrected chi connectivity index (χ1v) is 8.87. The number of hydrogen-bond acceptors (Lipinski definition) is 4. The molecule has 0 spiro atoms. The molecular weight excluding hydrogens is 454 g/mol. The van der Waals surface area contributed by atoms with Crippen LogP contribution in [0.3, 0.4) is 0 Å². The number of hydrogen-bond donors (Lipinski definition) is 1. The zero-order chi connectivity index (χ0) is 16.8. The summed E-state index contributed by atoms with van der Waals surface area (Å²) in [5.74, 6) is 3.47. The Morgan fingerprint density at radius 3 is 2.56 bits per heavy atom. The predicted molar refractivity (Wildman–Crippen MR) is 110 cm³/mol. The van der Waals surface area contributed by atoms with Crippen LogP contribution in [-0.4, -0.2) is 40.4 Å². The first-order chi connectivity index (χ1) is 11.7. The lowest BCUT2D eigenvalue weighted by Gasteiger charge is -2.27. The molecule has 5 nitrogen and oxygen atoms in total. The number of nitrogens with two attached hydrogens (primary N) is 1. The smallest absolute Gasteiger partial charge is 0.219 e. The fourth-order valence-corrected chi connectivity index (χ4v) is 3.16. The van der Waals surface area contributed by atoms with Crippen LogP contribution in [-0.2, 0) is 6.54 Å². The third-order valence-electron chi connectivity index (χ3n) is 3.59. The maximum Gasteiger partial charge on any atom is 0.219 e. The molecule has 0 aliphatic carbocycles. The number of aliphatic imine (C=N–C) groups is 1. The summed E-state index contributed by atoms with van der Waals surface area (Å²) in [6.45, 7) is 2.38. The van der Waals surface area contributed by atoms with Crippen molar-refractivity contribution in [3.05, 3.63) is 54.0 Å². The van der Waals surface area contributed by atoms with Crippen molar-refractivity contribution in [3.63, 3.8) is 0 Å². The summed E-state index contributed by atoms with van der Waals surface area (Å²) in [6, 6.07) is 9.48. The van der Waals surface area contributed by atoms with Crippen LogP contribution >= 0.6 is 35.7 Å². The van der Waals surface area contributed by atoms with E-state index >= 15 is 0 Å². The monoisotopic (exact) mass is 474 g/mol. The average Bonchev–Trinajstić information content (AvgIpc) is 2.63. The molecule has 2 aromatic rings. The van der Waals surface area contributed by atoms with Crippen molar-refractivity contribution in [3.8, 4) is 11.6 Å². The van der Waals surface area contributed by atoms with Crippen molar-refractivity contribution in [1.82, 2.24) is 9.88 Å². The lowest BCUT2D eigenvalue weighted by Crippen LogP contribution is -2.42. The van der Waals surface area contributed by atoms with Crippen LogP contribution in [0.2, 0.25) is 0 Å². The van der Waals surface area contributed by atoms with Gasteiger partial charge in [-0.2, -0.15) is 11.8 Å². The summed E-state index contributed by atoms with van der Waals surface area (Å²) in [5, 5.41) is 0. The minimum Gasteiger partial charge on any atom is -0.439 e. The molecule has 3 rings (SSSR count). The Hall–Kier alpha value is -1.55. The molecule has 1 aromatic heterocycles. The van der Waals surface area contributed by atoms with Gasteiger partial charge in [-0.1, -0.05) is 6.07 Å². The summed E-state index contributed by atoms with van der Waals surface area (Å²) in [4.78, 5) is 10.8. The van der Waals surface area contributed by atoms with Gasteiger partial charge in [-0.25, -0.2) is 14.4 Å². The van der Waals surface area contributed by atoms with Gasteiger partial charge < -0.3 is 15.4 Å². The quantitative estimate of drug-likeness (QED) is 0.418. The van der Waals surface area contributed by atoms with Crippen LogP contribution in [0.15, 0.2) is 47.6 Å². The Labute approximate surface area is 167 Å². The normalized spacial score (nSPS) is 14.8. The van der Waals surface area contributed by atoms with Crippen LogP contribution in [0.5, 0.6) is 11.6 Å². The van der Waals surface area contributed by atoms with Gasteiger partial charge >= 0.3 is 0 Å². The van der Waals surface area contributed by atoms with Gasteiger partial charge in [0.15, 0.2) is 5.96 Å². The van der Waals surface area contributed by atoms with Gasteiger partial charge in [0.05, 0.1) is 6.54 Å². The first-order valence-electron chi connectivity index (χ1n) is 7.72. The van der Waals surface area contributed by atoms with Crippen molar-refractivity contribution in [1.29, 1.82) is 0 Å². The van der Waals surface area contributed by atoms with E-state index in [1.165, 1.54) is 12.1 Å². The Kier molecular flexibility index (Phi) is 7.76. The van der Waals surface area contributed by atoms with Crippen LogP contribution in [0.1, 0.15) is 5.56 Å². The van der Waals surface area contributed by atoms with Gasteiger partial charge in [-0.15, -0.1) is 24.0 Å². The molecule has 1 aromatic carbocycles. The molecule has 1 fully saturated rings. The standard InChI is InChI=1S/C17H19FN4OS.HI/c18-14-2-4-15(5-3-14)23-16-6-1-13(11-20-16)12-21-17(19)22-7-9-24-10-8-22;/h1-6,11H,7-10,12H2,(H2,19,21);1H. The molecule has 0 radical (unpaired) electrons. The van der Waals surface area contributed by atoms with Crippen molar-refractivity contribution in [2.45, 2.75) is 6.54 Å². The minimum atomic E-state index is -0.298. The first kappa shape index (κ1) is 19.8. The maximum atomic E-state index is 12.9. The average molecular weight is 474 g/mol. The molecule has 1 aliphatic rings. The van der Waals surface area contributed by atoms with Crippen LogP contribution in [0, 0.1) is 5.82 Å². The second-order valence-corrected chi connectivity index (χ2v) is 6.56.